The Bertz CT molecular complexity index is 543. The van der Waals surface area contributed by atoms with Gasteiger partial charge in [-0.3, -0.25) is 9.79 Å². The molecule has 0 heterocycles. The van der Waals surface area contributed by atoms with Crippen LogP contribution in [0.15, 0.2) is 33.7 Å². The first-order chi connectivity index (χ1) is 10.3. The zero-order valence-corrected chi connectivity index (χ0v) is 15.4. The third-order valence-electron chi connectivity index (χ3n) is 3.49. The molecular formula is C16H25BrN4O. The van der Waals surface area contributed by atoms with Crippen molar-refractivity contribution in [1.29, 1.82) is 0 Å². The molecule has 5 nitrogen and oxygen atoms in total. The van der Waals surface area contributed by atoms with Gasteiger partial charge in [0.1, 0.15) is 0 Å². The van der Waals surface area contributed by atoms with Crippen molar-refractivity contribution in [1.82, 2.24) is 16.0 Å². The summed E-state index contributed by atoms with van der Waals surface area (Å²) in [7, 11) is 3.36. The highest BCUT2D eigenvalue weighted by molar-refractivity contribution is 9.10. The van der Waals surface area contributed by atoms with E-state index in [1.807, 2.05) is 32.0 Å². The van der Waals surface area contributed by atoms with E-state index in [2.05, 4.69) is 49.9 Å². The highest BCUT2D eigenvalue weighted by Crippen LogP contribution is 2.22. The van der Waals surface area contributed by atoms with E-state index >= 15 is 0 Å². The average molecular weight is 369 g/mol. The number of carbonyl (C=O) groups excluding carboxylic acids is 1. The fourth-order valence-electron chi connectivity index (χ4n) is 2.03. The number of carbonyl (C=O) groups is 1. The van der Waals surface area contributed by atoms with Crippen molar-refractivity contribution in [3.05, 3.63) is 34.3 Å². The number of benzene rings is 1. The van der Waals surface area contributed by atoms with Crippen LogP contribution in [0.4, 0.5) is 0 Å². The fraction of sp³-hybridized carbons (Fsp3) is 0.500. The topological polar surface area (TPSA) is 65.5 Å². The van der Waals surface area contributed by atoms with E-state index in [1.54, 1.807) is 14.1 Å². The van der Waals surface area contributed by atoms with E-state index in [0.717, 1.165) is 10.0 Å². The van der Waals surface area contributed by atoms with Crippen LogP contribution in [-0.2, 0) is 4.79 Å². The van der Waals surface area contributed by atoms with Gasteiger partial charge in [-0.25, -0.2) is 0 Å². The van der Waals surface area contributed by atoms with Crippen molar-refractivity contribution in [2.24, 2.45) is 10.4 Å². The number of hydrogen-bond acceptors (Lipinski definition) is 2. The van der Waals surface area contributed by atoms with Gasteiger partial charge in [0.2, 0.25) is 5.91 Å². The Hall–Kier alpha value is -1.56. The van der Waals surface area contributed by atoms with E-state index in [9.17, 15) is 4.79 Å². The molecular weight excluding hydrogens is 344 g/mol. The van der Waals surface area contributed by atoms with E-state index in [0.29, 0.717) is 12.5 Å². The maximum Gasteiger partial charge on any atom is 0.227 e. The first-order valence-electron chi connectivity index (χ1n) is 7.25. The summed E-state index contributed by atoms with van der Waals surface area (Å²) in [5.74, 6) is 0.662. The van der Waals surface area contributed by atoms with Crippen molar-refractivity contribution in [3.63, 3.8) is 0 Å². The van der Waals surface area contributed by atoms with Gasteiger partial charge in [0, 0.05) is 25.1 Å². The van der Waals surface area contributed by atoms with Crippen LogP contribution in [0.25, 0.3) is 0 Å². The van der Waals surface area contributed by atoms with Gasteiger partial charge in [0.15, 0.2) is 5.96 Å². The van der Waals surface area contributed by atoms with Crippen LogP contribution in [0.3, 0.4) is 0 Å². The van der Waals surface area contributed by atoms with Gasteiger partial charge in [-0.15, -0.1) is 0 Å². The summed E-state index contributed by atoms with van der Waals surface area (Å²) < 4.78 is 1.05. The largest absolute Gasteiger partial charge is 0.359 e. The van der Waals surface area contributed by atoms with E-state index in [1.165, 1.54) is 0 Å². The summed E-state index contributed by atoms with van der Waals surface area (Å²) in [6.07, 6.45) is 0. The summed E-state index contributed by atoms with van der Waals surface area (Å²) >= 11 is 3.55. The Balaban J connectivity index is 2.67. The first kappa shape index (κ1) is 18.5. The molecule has 1 unspecified atom stereocenters. The van der Waals surface area contributed by atoms with Crippen LogP contribution in [0.1, 0.15) is 32.4 Å². The second kappa shape index (κ2) is 8.17. The van der Waals surface area contributed by atoms with Crippen LogP contribution >= 0.6 is 15.9 Å². The summed E-state index contributed by atoms with van der Waals surface area (Å²) in [5, 5.41) is 9.21. The third-order valence-corrected chi connectivity index (χ3v) is 4.21. The van der Waals surface area contributed by atoms with Gasteiger partial charge in [-0.05, 0) is 32.4 Å². The van der Waals surface area contributed by atoms with Gasteiger partial charge in [-0.1, -0.05) is 34.1 Å². The smallest absolute Gasteiger partial charge is 0.227 e. The van der Waals surface area contributed by atoms with Gasteiger partial charge in [0.05, 0.1) is 11.5 Å². The SMILES string of the molecule is CN=C(NCC(C)(C)C(=O)NC)NC(C)c1ccccc1Br. The Morgan fingerprint density at radius 3 is 2.55 bits per heavy atom. The average Bonchev–Trinajstić information content (AvgIpc) is 2.50. The fourth-order valence-corrected chi connectivity index (χ4v) is 2.66. The minimum atomic E-state index is -0.511. The number of nitrogens with one attached hydrogen (secondary N) is 3. The number of nitrogens with zero attached hydrogens (tertiary/aromatic N) is 1. The number of aliphatic imine (C=N–C) groups is 1. The molecule has 1 aromatic carbocycles. The summed E-state index contributed by atoms with van der Waals surface area (Å²) in [5.41, 5.74) is 0.638. The molecule has 0 aromatic heterocycles. The number of rotatable bonds is 5. The molecule has 0 radical (unpaired) electrons. The zero-order valence-electron chi connectivity index (χ0n) is 13.8. The molecule has 1 amide bonds. The Kier molecular flexibility index (Phi) is 6.87. The molecule has 0 aliphatic rings. The van der Waals surface area contributed by atoms with Crippen molar-refractivity contribution >= 4 is 27.8 Å². The van der Waals surface area contributed by atoms with Gasteiger partial charge in [-0.2, -0.15) is 0 Å². The first-order valence-corrected chi connectivity index (χ1v) is 8.05. The molecule has 1 aromatic rings. The molecule has 0 bridgehead atoms. The highest BCUT2D eigenvalue weighted by Gasteiger charge is 2.26. The van der Waals surface area contributed by atoms with Crippen molar-refractivity contribution in [3.8, 4) is 0 Å². The lowest BCUT2D eigenvalue weighted by molar-refractivity contribution is -0.128. The molecule has 122 valence electrons. The van der Waals surface area contributed by atoms with Crippen LogP contribution in [-0.4, -0.2) is 32.5 Å². The second-order valence-corrected chi connectivity index (χ2v) is 6.63. The Morgan fingerprint density at radius 1 is 1.36 bits per heavy atom. The molecule has 0 fully saturated rings. The van der Waals surface area contributed by atoms with E-state index in [4.69, 9.17) is 0 Å². The highest BCUT2D eigenvalue weighted by atomic mass is 79.9. The van der Waals surface area contributed by atoms with Crippen molar-refractivity contribution < 1.29 is 4.79 Å². The molecule has 0 saturated carbocycles. The molecule has 0 spiro atoms. The van der Waals surface area contributed by atoms with Gasteiger partial charge >= 0.3 is 0 Å². The molecule has 6 heteroatoms. The van der Waals surface area contributed by atoms with Crippen molar-refractivity contribution in [2.45, 2.75) is 26.8 Å². The lowest BCUT2D eigenvalue weighted by Gasteiger charge is -2.25. The van der Waals surface area contributed by atoms with E-state index < -0.39 is 5.41 Å². The molecule has 1 rings (SSSR count). The third kappa shape index (κ3) is 5.02. The maximum atomic E-state index is 11.8. The minimum absolute atomic E-state index is 0.00527. The number of amides is 1. The Morgan fingerprint density at radius 2 is 2.00 bits per heavy atom. The summed E-state index contributed by atoms with van der Waals surface area (Å²) in [4.78, 5) is 16.0. The predicted molar refractivity (Wildman–Crippen MR) is 94.9 cm³/mol. The normalized spacial score (nSPS) is 13.5. The lowest BCUT2D eigenvalue weighted by atomic mass is 9.92. The maximum absolute atomic E-state index is 11.8. The number of guanidine groups is 1. The van der Waals surface area contributed by atoms with Crippen LogP contribution in [0.5, 0.6) is 0 Å². The predicted octanol–water partition coefficient (Wildman–Crippen LogP) is 2.45. The number of halogens is 1. The van der Waals surface area contributed by atoms with Crippen LogP contribution in [0.2, 0.25) is 0 Å². The quantitative estimate of drug-likeness (QED) is 0.552. The molecule has 0 aliphatic heterocycles. The minimum Gasteiger partial charge on any atom is -0.359 e. The van der Waals surface area contributed by atoms with Crippen LogP contribution < -0.4 is 16.0 Å². The Labute approximate surface area is 141 Å². The van der Waals surface area contributed by atoms with Crippen LogP contribution in [0, 0.1) is 5.41 Å². The monoisotopic (exact) mass is 368 g/mol. The lowest BCUT2D eigenvalue weighted by Crippen LogP contribution is -2.47. The molecule has 22 heavy (non-hydrogen) atoms. The summed E-state index contributed by atoms with van der Waals surface area (Å²) in [6, 6.07) is 8.15. The van der Waals surface area contributed by atoms with Gasteiger partial charge in [0.25, 0.3) is 0 Å². The molecule has 3 N–H and O–H groups in total. The molecule has 0 aliphatic carbocycles. The molecule has 1 atom stereocenters. The number of hydrogen-bond donors (Lipinski definition) is 3. The van der Waals surface area contributed by atoms with E-state index in [-0.39, 0.29) is 11.9 Å². The zero-order chi connectivity index (χ0) is 16.8. The van der Waals surface area contributed by atoms with Gasteiger partial charge < -0.3 is 16.0 Å². The van der Waals surface area contributed by atoms with Crippen molar-refractivity contribution in [2.75, 3.05) is 20.6 Å². The molecule has 0 saturated heterocycles. The standard InChI is InChI=1S/C16H25BrN4O/c1-11(12-8-6-7-9-13(12)17)21-15(19-5)20-10-16(2,3)14(22)18-4/h6-9,11H,10H2,1-5H3,(H,18,22)(H2,19,20,21). The second-order valence-electron chi connectivity index (χ2n) is 5.78. The summed E-state index contributed by atoms with van der Waals surface area (Å²) in [6.45, 7) is 6.35.